The molecule has 1 aromatic carbocycles. The van der Waals surface area contributed by atoms with Crippen molar-refractivity contribution in [1.29, 1.82) is 0 Å². The Kier molecular flexibility index (Phi) is 5.46. The van der Waals surface area contributed by atoms with E-state index in [0.717, 1.165) is 12.8 Å². The van der Waals surface area contributed by atoms with E-state index in [4.69, 9.17) is 21.1 Å². The van der Waals surface area contributed by atoms with Crippen molar-refractivity contribution in [3.8, 4) is 5.75 Å². The summed E-state index contributed by atoms with van der Waals surface area (Å²) in [6, 6.07) is 2.88. The lowest BCUT2D eigenvalue weighted by molar-refractivity contribution is 0.105. The van der Waals surface area contributed by atoms with Crippen molar-refractivity contribution in [3.63, 3.8) is 0 Å². The maximum atomic E-state index is 14.8. The number of rotatable bonds is 7. The molecule has 30 heavy (non-hydrogen) atoms. The molecule has 10 heteroatoms. The molecule has 0 unspecified atom stereocenters. The molecule has 1 aromatic heterocycles. The lowest BCUT2D eigenvalue weighted by Crippen LogP contribution is -2.44. The van der Waals surface area contributed by atoms with Crippen LogP contribution < -0.4 is 32.5 Å². The number of nitrogens with two attached hydrogens (primary N) is 2. The Hall–Kier alpha value is -2.59. The van der Waals surface area contributed by atoms with Gasteiger partial charge < -0.3 is 25.9 Å². The third-order valence-electron chi connectivity index (χ3n) is 6.02. The molecule has 9 nitrogen and oxygen atoms in total. The van der Waals surface area contributed by atoms with Crippen LogP contribution >= 0.6 is 0 Å². The summed E-state index contributed by atoms with van der Waals surface area (Å²) in [7, 11) is 1.48. The van der Waals surface area contributed by atoms with Gasteiger partial charge in [0.05, 0.1) is 24.8 Å². The van der Waals surface area contributed by atoms with Gasteiger partial charge in [0.1, 0.15) is 11.7 Å². The van der Waals surface area contributed by atoms with Crippen molar-refractivity contribution in [2.45, 2.75) is 38.0 Å². The number of nitrogen functional groups attached to an aromatic ring is 1. The van der Waals surface area contributed by atoms with Crippen LogP contribution in [0, 0.1) is 5.92 Å². The van der Waals surface area contributed by atoms with Gasteiger partial charge in [-0.05, 0) is 31.9 Å². The van der Waals surface area contributed by atoms with Crippen molar-refractivity contribution in [2.24, 2.45) is 11.7 Å². The topological polar surface area (TPSA) is 118 Å². The third kappa shape index (κ3) is 3.33. The first-order valence-electron chi connectivity index (χ1n) is 10.2. The van der Waals surface area contributed by atoms with E-state index in [-0.39, 0.29) is 18.5 Å². The second-order valence-corrected chi connectivity index (χ2v) is 7.98. The van der Waals surface area contributed by atoms with Crippen molar-refractivity contribution in [2.75, 3.05) is 44.2 Å². The summed E-state index contributed by atoms with van der Waals surface area (Å²) in [5, 5.41) is 0.296. The molecule has 4 rings (SSSR count). The zero-order chi connectivity index (χ0) is 21.6. The van der Waals surface area contributed by atoms with Crippen LogP contribution in [-0.4, -0.2) is 54.9 Å². The van der Waals surface area contributed by atoms with E-state index in [1.54, 1.807) is 12.1 Å². The maximum absolute atomic E-state index is 14.8. The maximum Gasteiger partial charge on any atom is 0.350 e. The number of ether oxygens (including phenoxy) is 2. The number of aromatic nitrogens is 2. The molecular formula is C20H28FN5O4. The monoisotopic (exact) mass is 421 g/mol. The van der Waals surface area contributed by atoms with Crippen molar-refractivity contribution < 1.29 is 13.9 Å². The number of alkyl halides is 1. The quantitative estimate of drug-likeness (QED) is 0.620. The number of anilines is 1. The highest BCUT2D eigenvalue weighted by molar-refractivity contribution is 5.91. The number of fused-ring (bicyclic) bond motifs is 1. The summed E-state index contributed by atoms with van der Waals surface area (Å²) in [6.07, 6.45) is 0.528. The fourth-order valence-electron chi connectivity index (χ4n) is 4.29. The molecule has 0 bridgehead atoms. The third-order valence-corrected chi connectivity index (χ3v) is 6.02. The van der Waals surface area contributed by atoms with E-state index in [1.807, 2.05) is 11.8 Å². The normalized spacial score (nSPS) is 22.6. The second-order valence-electron chi connectivity index (χ2n) is 7.98. The Labute approximate surface area is 172 Å². The van der Waals surface area contributed by atoms with E-state index in [1.165, 1.54) is 11.7 Å². The fraction of sp³-hybridized carbons (Fsp3) is 0.600. The summed E-state index contributed by atoms with van der Waals surface area (Å²) in [4.78, 5) is 27.2. The molecule has 1 aliphatic heterocycles. The average molecular weight is 421 g/mol. The van der Waals surface area contributed by atoms with Gasteiger partial charge in [0, 0.05) is 37.7 Å². The van der Waals surface area contributed by atoms with Crippen LogP contribution in [0.4, 0.5) is 10.1 Å². The van der Waals surface area contributed by atoms with Crippen LogP contribution in [0.5, 0.6) is 5.75 Å². The molecular weight excluding hydrogens is 393 g/mol. The number of benzene rings is 1. The van der Waals surface area contributed by atoms with Crippen molar-refractivity contribution >= 4 is 16.6 Å². The first-order chi connectivity index (χ1) is 14.4. The smallest absolute Gasteiger partial charge is 0.350 e. The summed E-state index contributed by atoms with van der Waals surface area (Å²) in [5.74, 6) is 5.71. The van der Waals surface area contributed by atoms with Crippen LogP contribution in [0.25, 0.3) is 10.9 Å². The van der Waals surface area contributed by atoms with Gasteiger partial charge in [0.15, 0.2) is 5.75 Å². The number of hydrogen-bond acceptors (Lipinski definition) is 7. The molecule has 3 atom stereocenters. The Morgan fingerprint density at radius 1 is 1.27 bits per heavy atom. The van der Waals surface area contributed by atoms with Gasteiger partial charge >= 0.3 is 5.69 Å². The second kappa shape index (κ2) is 7.92. The largest absolute Gasteiger partial charge is 0.492 e. The molecule has 2 aromatic rings. The summed E-state index contributed by atoms with van der Waals surface area (Å²) >= 11 is 0. The van der Waals surface area contributed by atoms with Gasteiger partial charge in [0.25, 0.3) is 5.56 Å². The van der Waals surface area contributed by atoms with Crippen molar-refractivity contribution in [3.05, 3.63) is 33.0 Å². The van der Waals surface area contributed by atoms with E-state index in [0.29, 0.717) is 46.8 Å². The van der Waals surface area contributed by atoms with E-state index >= 15 is 0 Å². The summed E-state index contributed by atoms with van der Waals surface area (Å²) in [6.45, 7) is 3.22. The molecule has 164 valence electrons. The van der Waals surface area contributed by atoms with Crippen LogP contribution in [0.1, 0.15) is 25.8 Å². The summed E-state index contributed by atoms with van der Waals surface area (Å²) < 4.78 is 28.0. The van der Waals surface area contributed by atoms with E-state index in [9.17, 15) is 14.0 Å². The molecule has 2 aliphatic rings. The standard InChI is InChI=1S/C20H28FN5O4/c1-3-30-10-15(22)13-8-24(9-14(13)21)16-7-6-12-17(18(16)29-2)25(11-4-5-11)20(28)26(23)19(12)27/h6-7,11,13-15H,3-5,8-10,22-23H2,1-2H3/t13-,14+,15-/m0/s1. The van der Waals surface area contributed by atoms with Gasteiger partial charge in [-0.25, -0.2) is 9.18 Å². The predicted molar refractivity (Wildman–Crippen MR) is 113 cm³/mol. The minimum absolute atomic E-state index is 0.0283. The van der Waals surface area contributed by atoms with Gasteiger partial charge in [0.2, 0.25) is 0 Å². The highest BCUT2D eigenvalue weighted by Gasteiger charge is 2.39. The zero-order valence-corrected chi connectivity index (χ0v) is 17.2. The molecule has 1 saturated heterocycles. The van der Waals surface area contributed by atoms with Crippen LogP contribution in [0.2, 0.25) is 0 Å². The van der Waals surface area contributed by atoms with Crippen LogP contribution in [-0.2, 0) is 4.74 Å². The molecule has 2 fully saturated rings. The number of methoxy groups -OCH3 is 1. The lowest BCUT2D eigenvalue weighted by atomic mass is 9.99. The van der Waals surface area contributed by atoms with E-state index < -0.39 is 23.5 Å². The molecule has 1 aliphatic carbocycles. The zero-order valence-electron chi connectivity index (χ0n) is 17.2. The lowest BCUT2D eigenvalue weighted by Gasteiger charge is -2.24. The van der Waals surface area contributed by atoms with Gasteiger partial charge in [-0.3, -0.25) is 9.36 Å². The molecule has 4 N–H and O–H groups in total. The van der Waals surface area contributed by atoms with Crippen LogP contribution in [0.3, 0.4) is 0 Å². The average Bonchev–Trinajstić information content (AvgIpc) is 3.50. The Morgan fingerprint density at radius 3 is 2.63 bits per heavy atom. The summed E-state index contributed by atoms with van der Waals surface area (Å²) in [5.41, 5.74) is 6.03. The first kappa shape index (κ1) is 20.7. The fourth-order valence-corrected chi connectivity index (χ4v) is 4.29. The molecule has 0 spiro atoms. The highest BCUT2D eigenvalue weighted by Crippen LogP contribution is 2.42. The predicted octanol–water partition coefficient (Wildman–Crippen LogP) is 0.359. The van der Waals surface area contributed by atoms with Crippen molar-refractivity contribution in [1.82, 2.24) is 9.24 Å². The Morgan fingerprint density at radius 2 is 2.00 bits per heavy atom. The number of halogens is 1. The number of nitrogens with zero attached hydrogens (tertiary/aromatic N) is 3. The minimum Gasteiger partial charge on any atom is -0.492 e. The van der Waals surface area contributed by atoms with Gasteiger partial charge in [-0.2, -0.15) is 4.68 Å². The number of hydrogen-bond donors (Lipinski definition) is 2. The molecule has 0 radical (unpaired) electrons. The molecule has 0 amide bonds. The minimum atomic E-state index is -1.12. The van der Waals surface area contributed by atoms with E-state index in [2.05, 4.69) is 0 Å². The molecule has 1 saturated carbocycles. The Bertz CT molecular complexity index is 1060. The first-order valence-corrected chi connectivity index (χ1v) is 10.2. The van der Waals surface area contributed by atoms with Gasteiger partial charge in [-0.15, -0.1) is 0 Å². The van der Waals surface area contributed by atoms with Crippen LogP contribution in [0.15, 0.2) is 21.7 Å². The SMILES string of the molecule is CCOC[C@H](N)[C@H]1CN(c2ccc3c(=O)n(N)c(=O)n(C4CC4)c3c2OC)C[C@H]1F. The Balaban J connectivity index is 1.80. The molecule has 2 heterocycles. The highest BCUT2D eigenvalue weighted by atomic mass is 19.1. The van der Waals surface area contributed by atoms with Gasteiger partial charge in [-0.1, -0.05) is 0 Å².